The van der Waals surface area contributed by atoms with Gasteiger partial charge in [-0.2, -0.15) is 15.2 Å². The van der Waals surface area contributed by atoms with Crippen LogP contribution in [-0.2, 0) is 13.5 Å². The van der Waals surface area contributed by atoms with Gasteiger partial charge in [-0.3, -0.25) is 4.79 Å². The summed E-state index contributed by atoms with van der Waals surface area (Å²) in [6, 6.07) is 12.3. The highest BCUT2D eigenvalue weighted by Gasteiger charge is 2.34. The predicted octanol–water partition coefficient (Wildman–Crippen LogP) is 3.44. The highest BCUT2D eigenvalue weighted by Crippen LogP contribution is 2.43. The zero-order valence-corrected chi connectivity index (χ0v) is 16.3. The van der Waals surface area contributed by atoms with Gasteiger partial charge < -0.3 is 14.8 Å². The van der Waals surface area contributed by atoms with E-state index < -0.39 is 5.60 Å². The van der Waals surface area contributed by atoms with E-state index in [1.54, 1.807) is 43.4 Å². The van der Waals surface area contributed by atoms with Crippen LogP contribution >= 0.6 is 0 Å². The second kappa shape index (κ2) is 6.95. The van der Waals surface area contributed by atoms with Gasteiger partial charge >= 0.3 is 0 Å². The molecule has 1 aromatic heterocycles. The van der Waals surface area contributed by atoms with Gasteiger partial charge in [0.2, 0.25) is 0 Å². The summed E-state index contributed by atoms with van der Waals surface area (Å²) in [6.45, 7) is 3.97. The van der Waals surface area contributed by atoms with Crippen LogP contribution in [-0.4, -0.2) is 26.5 Å². The van der Waals surface area contributed by atoms with Gasteiger partial charge in [0.15, 0.2) is 5.82 Å². The van der Waals surface area contributed by atoms with Crippen molar-refractivity contribution < 1.29 is 14.3 Å². The van der Waals surface area contributed by atoms with Gasteiger partial charge in [-0.05, 0) is 50.2 Å². The largest absolute Gasteiger partial charge is 0.487 e. The molecule has 146 valence electrons. The maximum atomic E-state index is 12.7. The molecule has 0 aliphatic carbocycles. The van der Waals surface area contributed by atoms with Crippen molar-refractivity contribution in [2.24, 2.45) is 7.05 Å². The normalized spacial score (nSPS) is 13.9. The van der Waals surface area contributed by atoms with Crippen LogP contribution < -0.4 is 14.8 Å². The molecule has 0 unspecified atom stereocenters. The summed E-state index contributed by atoms with van der Waals surface area (Å²) >= 11 is 0. The third-order valence-electron chi connectivity index (χ3n) is 4.47. The number of ether oxygens (including phenoxy) is 2. The molecule has 0 spiro atoms. The van der Waals surface area contributed by atoms with Gasteiger partial charge in [-0.1, -0.05) is 0 Å². The molecular weight excluding hydrogens is 370 g/mol. The first kappa shape index (κ1) is 18.5. The van der Waals surface area contributed by atoms with Crippen LogP contribution in [0, 0.1) is 11.3 Å². The molecule has 8 nitrogen and oxygen atoms in total. The van der Waals surface area contributed by atoms with Crippen molar-refractivity contribution in [2.75, 3.05) is 5.32 Å². The molecule has 0 saturated heterocycles. The van der Waals surface area contributed by atoms with Crippen LogP contribution in [0.2, 0.25) is 0 Å². The van der Waals surface area contributed by atoms with Gasteiger partial charge in [-0.25, -0.2) is 0 Å². The molecule has 0 radical (unpaired) electrons. The Balaban J connectivity index is 1.67. The summed E-state index contributed by atoms with van der Waals surface area (Å²) in [5.41, 5.74) is 1.43. The molecule has 0 saturated carbocycles. The Kier molecular flexibility index (Phi) is 4.43. The molecule has 0 bridgehead atoms. The fraction of sp³-hybridized carbons (Fsp3) is 0.238. The lowest BCUT2D eigenvalue weighted by Gasteiger charge is -2.16. The standard InChI is InChI=1S/C21H19N5O3/c1-21(2)10-16-17(28-15-6-4-13(11-22)5-7-15)8-14(9-18(16)29-21)20(27)24-19-12-23-26(3)25-19/h4-9,12H,10H2,1-3H3,(H,24,25,27). The highest BCUT2D eigenvalue weighted by molar-refractivity contribution is 6.04. The van der Waals surface area contributed by atoms with E-state index in [1.807, 2.05) is 13.8 Å². The molecule has 2 aromatic carbocycles. The smallest absolute Gasteiger partial charge is 0.257 e. The van der Waals surface area contributed by atoms with Crippen LogP contribution in [0.1, 0.15) is 35.3 Å². The van der Waals surface area contributed by atoms with Crippen molar-refractivity contribution in [1.29, 1.82) is 5.26 Å². The van der Waals surface area contributed by atoms with E-state index >= 15 is 0 Å². The summed E-state index contributed by atoms with van der Waals surface area (Å²) < 4.78 is 12.1. The van der Waals surface area contributed by atoms with Crippen LogP contribution in [0.15, 0.2) is 42.6 Å². The minimum Gasteiger partial charge on any atom is -0.487 e. The van der Waals surface area contributed by atoms with E-state index in [2.05, 4.69) is 21.6 Å². The number of nitrogens with one attached hydrogen (secondary N) is 1. The average Bonchev–Trinajstić information content (AvgIpc) is 3.23. The maximum Gasteiger partial charge on any atom is 0.257 e. The summed E-state index contributed by atoms with van der Waals surface area (Å²) in [5.74, 6) is 1.75. The molecule has 1 amide bonds. The van der Waals surface area contributed by atoms with Gasteiger partial charge in [0.05, 0.1) is 17.8 Å². The minimum atomic E-state index is -0.398. The third kappa shape index (κ3) is 3.89. The Labute approximate surface area is 167 Å². The van der Waals surface area contributed by atoms with E-state index in [0.29, 0.717) is 40.6 Å². The van der Waals surface area contributed by atoms with Crippen molar-refractivity contribution in [1.82, 2.24) is 15.0 Å². The molecule has 1 N–H and O–H groups in total. The van der Waals surface area contributed by atoms with E-state index in [0.717, 1.165) is 5.56 Å². The summed E-state index contributed by atoms with van der Waals surface area (Å²) in [5, 5.41) is 19.7. The molecule has 8 heteroatoms. The Bertz CT molecular complexity index is 1130. The van der Waals surface area contributed by atoms with E-state index in [-0.39, 0.29) is 5.91 Å². The second-order valence-corrected chi connectivity index (χ2v) is 7.40. The van der Waals surface area contributed by atoms with E-state index in [1.165, 1.54) is 11.0 Å². The number of anilines is 1. The molecule has 1 aliphatic heterocycles. The molecule has 29 heavy (non-hydrogen) atoms. The molecule has 0 fully saturated rings. The number of hydrogen-bond acceptors (Lipinski definition) is 6. The summed E-state index contributed by atoms with van der Waals surface area (Å²) in [6.07, 6.45) is 2.12. The maximum absolute atomic E-state index is 12.7. The molecule has 0 atom stereocenters. The third-order valence-corrected chi connectivity index (χ3v) is 4.47. The first-order valence-electron chi connectivity index (χ1n) is 9.05. The van der Waals surface area contributed by atoms with Gasteiger partial charge in [0.25, 0.3) is 5.91 Å². The summed E-state index contributed by atoms with van der Waals surface area (Å²) in [4.78, 5) is 14.1. The summed E-state index contributed by atoms with van der Waals surface area (Å²) in [7, 11) is 1.67. The average molecular weight is 389 g/mol. The first-order valence-corrected chi connectivity index (χ1v) is 9.05. The van der Waals surface area contributed by atoms with Crippen molar-refractivity contribution in [3.8, 4) is 23.3 Å². The van der Waals surface area contributed by atoms with E-state index in [9.17, 15) is 4.79 Å². The fourth-order valence-electron chi connectivity index (χ4n) is 3.18. The Morgan fingerprint density at radius 2 is 2.07 bits per heavy atom. The van der Waals surface area contributed by atoms with Gasteiger partial charge in [0, 0.05) is 24.6 Å². The van der Waals surface area contributed by atoms with Crippen LogP contribution in [0.4, 0.5) is 5.82 Å². The van der Waals surface area contributed by atoms with Crippen molar-refractivity contribution in [3.05, 3.63) is 59.3 Å². The van der Waals surface area contributed by atoms with E-state index in [4.69, 9.17) is 14.7 Å². The quantitative estimate of drug-likeness (QED) is 0.733. The number of benzene rings is 2. The molecule has 2 heterocycles. The van der Waals surface area contributed by atoms with Crippen molar-refractivity contribution in [2.45, 2.75) is 25.9 Å². The monoisotopic (exact) mass is 389 g/mol. The number of amides is 1. The second-order valence-electron chi connectivity index (χ2n) is 7.40. The Morgan fingerprint density at radius 1 is 1.31 bits per heavy atom. The number of aromatic nitrogens is 3. The van der Waals surface area contributed by atoms with Crippen LogP contribution in [0.5, 0.6) is 17.2 Å². The van der Waals surface area contributed by atoms with Gasteiger partial charge in [0.1, 0.15) is 22.8 Å². The SMILES string of the molecule is Cn1ncc(NC(=O)c2cc(Oc3ccc(C#N)cc3)c3c(c2)OC(C)(C)C3)n1. The number of carbonyl (C=O) groups excluding carboxylic acids is 1. The number of rotatable bonds is 4. The zero-order valence-electron chi connectivity index (χ0n) is 16.3. The molecule has 4 rings (SSSR count). The lowest BCUT2D eigenvalue weighted by atomic mass is 9.99. The number of carbonyl (C=O) groups is 1. The molecular formula is C21H19N5O3. The number of fused-ring (bicyclic) bond motifs is 1. The van der Waals surface area contributed by atoms with Crippen LogP contribution in [0.25, 0.3) is 0 Å². The van der Waals surface area contributed by atoms with Gasteiger partial charge in [-0.15, -0.1) is 5.10 Å². The van der Waals surface area contributed by atoms with Crippen LogP contribution in [0.3, 0.4) is 0 Å². The highest BCUT2D eigenvalue weighted by atomic mass is 16.5. The number of nitriles is 1. The molecule has 1 aliphatic rings. The van der Waals surface area contributed by atoms with Crippen molar-refractivity contribution in [3.63, 3.8) is 0 Å². The lowest BCUT2D eigenvalue weighted by Crippen LogP contribution is -2.24. The Morgan fingerprint density at radius 3 is 2.72 bits per heavy atom. The molecule has 3 aromatic rings. The Hall–Kier alpha value is -3.86. The number of hydrogen-bond donors (Lipinski definition) is 1. The number of nitrogens with zero attached hydrogens (tertiary/aromatic N) is 4. The predicted molar refractivity (Wildman–Crippen MR) is 105 cm³/mol. The van der Waals surface area contributed by atoms with Crippen molar-refractivity contribution >= 4 is 11.7 Å². The first-order chi connectivity index (χ1) is 13.8. The topological polar surface area (TPSA) is 102 Å². The minimum absolute atomic E-state index is 0.341. The zero-order chi connectivity index (χ0) is 20.6. The lowest BCUT2D eigenvalue weighted by molar-refractivity contribution is 0.102. The fourth-order valence-corrected chi connectivity index (χ4v) is 3.18. The number of aryl methyl sites for hydroxylation is 1.